The predicted molar refractivity (Wildman–Crippen MR) is 70.6 cm³/mol. The Kier molecular flexibility index (Phi) is 2.43. The number of benzene rings is 1. The van der Waals surface area contributed by atoms with E-state index in [-0.39, 0.29) is 0 Å². The molecule has 1 heterocycles. The van der Waals surface area contributed by atoms with E-state index in [4.69, 9.17) is 5.73 Å². The molecule has 0 unspecified atom stereocenters. The number of hydrogen-bond acceptors (Lipinski definition) is 3. The minimum Gasteiger partial charge on any atom is -0.398 e. The van der Waals surface area contributed by atoms with Gasteiger partial charge in [0, 0.05) is 21.8 Å². The fourth-order valence-electron chi connectivity index (χ4n) is 2.06. The Hall–Kier alpha value is -1.36. The predicted octanol–water partition coefficient (Wildman–Crippen LogP) is 2.93. The van der Waals surface area contributed by atoms with Crippen molar-refractivity contribution < 1.29 is 0 Å². The summed E-state index contributed by atoms with van der Waals surface area (Å²) in [5.74, 6) is 1.85. The van der Waals surface area contributed by atoms with Gasteiger partial charge in [-0.05, 0) is 38.0 Å². The molecule has 3 rings (SSSR count). The van der Waals surface area contributed by atoms with E-state index in [2.05, 4.69) is 30.7 Å². The highest BCUT2D eigenvalue weighted by Crippen LogP contribution is 2.39. The molecule has 0 aliphatic heterocycles. The summed E-state index contributed by atoms with van der Waals surface area (Å²) in [4.78, 5) is 0. The first-order valence-electron chi connectivity index (χ1n) is 5.63. The molecule has 0 atom stereocenters. The van der Waals surface area contributed by atoms with Crippen molar-refractivity contribution in [1.29, 1.82) is 0 Å². The second-order valence-electron chi connectivity index (χ2n) is 4.40. The largest absolute Gasteiger partial charge is 0.398 e. The lowest BCUT2D eigenvalue weighted by Gasteiger charge is -2.09. The lowest BCUT2D eigenvalue weighted by molar-refractivity contribution is 0.717. The molecule has 1 aromatic heterocycles. The smallest absolute Gasteiger partial charge is 0.166 e. The van der Waals surface area contributed by atoms with Crippen LogP contribution in [0, 0.1) is 6.92 Å². The first kappa shape index (κ1) is 10.8. The minimum atomic E-state index is 0.558. The maximum Gasteiger partial charge on any atom is 0.166 e. The van der Waals surface area contributed by atoms with E-state index >= 15 is 0 Å². The molecule has 0 amide bonds. The summed E-state index contributed by atoms with van der Waals surface area (Å²) < 4.78 is 3.17. The number of rotatable bonds is 2. The van der Waals surface area contributed by atoms with Crippen LogP contribution in [0.4, 0.5) is 5.69 Å². The van der Waals surface area contributed by atoms with Crippen molar-refractivity contribution in [2.75, 3.05) is 5.73 Å². The summed E-state index contributed by atoms with van der Waals surface area (Å²) in [6.45, 7) is 1.99. The van der Waals surface area contributed by atoms with Gasteiger partial charge in [-0.25, -0.2) is 0 Å². The Morgan fingerprint density at radius 1 is 1.35 bits per heavy atom. The van der Waals surface area contributed by atoms with E-state index < -0.39 is 0 Å². The average molecular weight is 293 g/mol. The Labute approximate surface area is 108 Å². The van der Waals surface area contributed by atoms with Crippen LogP contribution in [-0.4, -0.2) is 14.8 Å². The van der Waals surface area contributed by atoms with Crippen molar-refractivity contribution in [3.8, 4) is 11.4 Å². The standard InChI is InChI=1S/C12H13BrN4/c1-7-15-16-12(17(7)9-3-4-9)10-5-2-8(13)6-11(10)14/h2,5-6,9H,3-4,14H2,1H3. The van der Waals surface area contributed by atoms with Crippen molar-refractivity contribution >= 4 is 21.6 Å². The summed E-state index contributed by atoms with van der Waals surface area (Å²) in [6, 6.07) is 6.42. The minimum absolute atomic E-state index is 0.558. The zero-order valence-electron chi connectivity index (χ0n) is 9.52. The van der Waals surface area contributed by atoms with Crippen LogP contribution in [0.1, 0.15) is 24.7 Å². The summed E-state index contributed by atoms with van der Waals surface area (Å²) in [5.41, 5.74) is 7.73. The number of nitrogens with two attached hydrogens (primary N) is 1. The summed E-state index contributed by atoms with van der Waals surface area (Å²) in [5, 5.41) is 8.42. The van der Waals surface area contributed by atoms with Crippen molar-refractivity contribution in [2.45, 2.75) is 25.8 Å². The summed E-state index contributed by atoms with van der Waals surface area (Å²) in [7, 11) is 0. The number of nitrogen functional groups attached to an aromatic ring is 1. The van der Waals surface area contributed by atoms with Gasteiger partial charge in [0.2, 0.25) is 0 Å². The molecule has 1 saturated carbocycles. The van der Waals surface area contributed by atoms with Crippen molar-refractivity contribution in [3.63, 3.8) is 0 Å². The molecule has 0 saturated heterocycles. The van der Waals surface area contributed by atoms with Gasteiger partial charge in [-0.2, -0.15) is 0 Å². The molecule has 1 fully saturated rings. The van der Waals surface area contributed by atoms with Crippen molar-refractivity contribution in [2.24, 2.45) is 0 Å². The van der Waals surface area contributed by atoms with E-state index in [1.807, 2.05) is 25.1 Å². The van der Waals surface area contributed by atoms with Gasteiger partial charge in [-0.15, -0.1) is 10.2 Å². The zero-order chi connectivity index (χ0) is 12.0. The highest BCUT2D eigenvalue weighted by molar-refractivity contribution is 9.10. The molecule has 1 aliphatic carbocycles. The fourth-order valence-corrected chi connectivity index (χ4v) is 2.44. The van der Waals surface area contributed by atoms with Crippen molar-refractivity contribution in [1.82, 2.24) is 14.8 Å². The molecule has 17 heavy (non-hydrogen) atoms. The van der Waals surface area contributed by atoms with Gasteiger partial charge in [0.25, 0.3) is 0 Å². The van der Waals surface area contributed by atoms with Crippen LogP contribution in [0.25, 0.3) is 11.4 Å². The molecule has 0 bridgehead atoms. The Morgan fingerprint density at radius 2 is 2.12 bits per heavy atom. The van der Waals surface area contributed by atoms with Crippen LogP contribution in [0.2, 0.25) is 0 Å². The van der Waals surface area contributed by atoms with Crippen LogP contribution in [-0.2, 0) is 0 Å². The van der Waals surface area contributed by atoms with Gasteiger partial charge in [0.05, 0.1) is 0 Å². The maximum atomic E-state index is 6.04. The highest BCUT2D eigenvalue weighted by atomic mass is 79.9. The van der Waals surface area contributed by atoms with Crippen LogP contribution < -0.4 is 5.73 Å². The van der Waals surface area contributed by atoms with Crippen LogP contribution in [0.5, 0.6) is 0 Å². The first-order valence-corrected chi connectivity index (χ1v) is 6.43. The molecule has 2 aromatic rings. The molecule has 1 aliphatic rings. The molecule has 4 nitrogen and oxygen atoms in total. The third-order valence-corrected chi connectivity index (χ3v) is 3.53. The number of aromatic nitrogens is 3. The Morgan fingerprint density at radius 3 is 2.76 bits per heavy atom. The highest BCUT2D eigenvalue weighted by Gasteiger charge is 2.29. The lowest BCUT2D eigenvalue weighted by atomic mass is 10.1. The molecule has 1 aromatic carbocycles. The molecular formula is C12H13BrN4. The lowest BCUT2D eigenvalue weighted by Crippen LogP contribution is -2.01. The van der Waals surface area contributed by atoms with E-state index in [0.29, 0.717) is 6.04 Å². The fraction of sp³-hybridized carbons (Fsp3) is 0.333. The number of halogens is 1. The van der Waals surface area contributed by atoms with Gasteiger partial charge < -0.3 is 10.3 Å². The second-order valence-corrected chi connectivity index (χ2v) is 5.32. The average Bonchev–Trinajstić information content (AvgIpc) is 3.03. The topological polar surface area (TPSA) is 56.7 Å². The summed E-state index contributed by atoms with van der Waals surface area (Å²) >= 11 is 3.41. The SMILES string of the molecule is Cc1nnc(-c2ccc(Br)cc2N)n1C1CC1. The molecule has 5 heteroatoms. The Balaban J connectivity index is 2.14. The number of nitrogens with zero attached hydrogens (tertiary/aromatic N) is 3. The maximum absolute atomic E-state index is 6.04. The number of anilines is 1. The molecule has 0 radical (unpaired) electrons. The van der Waals surface area contributed by atoms with Gasteiger partial charge in [0.1, 0.15) is 5.82 Å². The number of hydrogen-bond donors (Lipinski definition) is 1. The third kappa shape index (κ3) is 1.84. The molecule has 0 spiro atoms. The van der Waals surface area contributed by atoms with E-state index in [0.717, 1.165) is 27.4 Å². The molecule has 88 valence electrons. The molecular weight excluding hydrogens is 280 g/mol. The summed E-state index contributed by atoms with van der Waals surface area (Å²) in [6.07, 6.45) is 2.42. The quantitative estimate of drug-likeness (QED) is 0.866. The zero-order valence-corrected chi connectivity index (χ0v) is 11.1. The van der Waals surface area contributed by atoms with Crippen LogP contribution in [0.15, 0.2) is 22.7 Å². The van der Waals surface area contributed by atoms with E-state index in [1.54, 1.807) is 0 Å². The van der Waals surface area contributed by atoms with Gasteiger partial charge in [-0.3, -0.25) is 0 Å². The van der Waals surface area contributed by atoms with Crippen molar-refractivity contribution in [3.05, 3.63) is 28.5 Å². The van der Waals surface area contributed by atoms with Crippen LogP contribution >= 0.6 is 15.9 Å². The second kappa shape index (κ2) is 3.84. The van der Waals surface area contributed by atoms with Crippen LogP contribution in [0.3, 0.4) is 0 Å². The normalized spacial score (nSPS) is 15.2. The van der Waals surface area contributed by atoms with E-state index in [9.17, 15) is 0 Å². The van der Waals surface area contributed by atoms with Gasteiger partial charge in [-0.1, -0.05) is 15.9 Å². The molecule has 2 N–H and O–H groups in total. The number of aryl methyl sites for hydroxylation is 1. The monoisotopic (exact) mass is 292 g/mol. The Bertz CT molecular complexity index is 572. The first-order chi connectivity index (χ1) is 8.16. The third-order valence-electron chi connectivity index (χ3n) is 3.03. The van der Waals surface area contributed by atoms with E-state index in [1.165, 1.54) is 12.8 Å². The van der Waals surface area contributed by atoms with Gasteiger partial charge >= 0.3 is 0 Å². The van der Waals surface area contributed by atoms with Gasteiger partial charge in [0.15, 0.2) is 5.82 Å².